The van der Waals surface area contributed by atoms with Crippen molar-refractivity contribution in [2.24, 2.45) is 0 Å². The second-order valence-corrected chi connectivity index (χ2v) is 8.37. The van der Waals surface area contributed by atoms with Crippen molar-refractivity contribution in [1.29, 1.82) is 0 Å². The molecule has 162 valence electrons. The van der Waals surface area contributed by atoms with Crippen LogP contribution in [0.15, 0.2) is 48.5 Å². The maximum absolute atomic E-state index is 11.8. The summed E-state index contributed by atoms with van der Waals surface area (Å²) in [5.74, 6) is 2.21. The molecule has 4 rings (SSSR count). The van der Waals surface area contributed by atoms with E-state index in [-0.39, 0.29) is 6.61 Å². The van der Waals surface area contributed by atoms with Crippen LogP contribution in [0.25, 0.3) is 21.6 Å². The molecule has 0 saturated carbocycles. The lowest BCUT2D eigenvalue weighted by Gasteiger charge is -2.13. The molecule has 1 aliphatic rings. The van der Waals surface area contributed by atoms with E-state index in [1.54, 1.807) is 6.92 Å². The molecule has 3 aromatic rings. The van der Waals surface area contributed by atoms with E-state index in [1.807, 2.05) is 62.6 Å². The average Bonchev–Trinajstić information content (AvgIpc) is 3.09. The van der Waals surface area contributed by atoms with Crippen LogP contribution in [-0.4, -0.2) is 44.9 Å². The van der Waals surface area contributed by atoms with E-state index in [0.29, 0.717) is 17.4 Å². The monoisotopic (exact) mass is 439 g/mol. The Kier molecular flexibility index (Phi) is 6.44. The molecule has 0 atom stereocenters. The molecule has 0 radical (unpaired) electrons. The number of rotatable bonds is 7. The summed E-state index contributed by atoms with van der Waals surface area (Å²) >= 11 is 1.39. The maximum Gasteiger partial charge on any atom is 0.514 e. The Morgan fingerprint density at radius 2 is 1.87 bits per heavy atom. The topological polar surface area (TPSA) is 57.2 Å². The molecule has 31 heavy (non-hydrogen) atoms. The number of thiophene rings is 1. The molecule has 0 N–H and O–H groups in total. The number of benzene rings is 2. The molecule has 0 unspecified atom stereocenters. The van der Waals surface area contributed by atoms with Gasteiger partial charge in [0.1, 0.15) is 17.2 Å². The van der Waals surface area contributed by atoms with Crippen molar-refractivity contribution in [3.8, 4) is 43.9 Å². The fourth-order valence-corrected chi connectivity index (χ4v) is 4.43. The van der Waals surface area contributed by atoms with Crippen LogP contribution < -0.4 is 14.2 Å². The second kappa shape index (κ2) is 9.41. The largest absolute Gasteiger partial charge is 0.514 e. The number of carbonyl (C=O) groups is 1. The average molecular weight is 440 g/mol. The van der Waals surface area contributed by atoms with Gasteiger partial charge in [0, 0.05) is 40.2 Å². The zero-order chi connectivity index (χ0) is 21.8. The molecule has 1 aliphatic heterocycles. The highest BCUT2D eigenvalue weighted by molar-refractivity contribution is 7.18. The van der Waals surface area contributed by atoms with Crippen molar-refractivity contribution in [3.63, 3.8) is 0 Å². The zero-order valence-electron chi connectivity index (χ0n) is 17.8. The number of hydrogen-bond acceptors (Lipinski definition) is 7. The zero-order valence-corrected chi connectivity index (χ0v) is 18.7. The summed E-state index contributed by atoms with van der Waals surface area (Å²) in [6.07, 6.45) is 0.238. The highest BCUT2D eigenvalue weighted by Crippen LogP contribution is 2.52. The molecule has 7 heteroatoms. The fourth-order valence-electron chi connectivity index (χ4n) is 3.38. The summed E-state index contributed by atoms with van der Waals surface area (Å²) < 4.78 is 22.5. The molecule has 6 nitrogen and oxygen atoms in total. The first kappa shape index (κ1) is 21.2. The number of fused-ring (bicyclic) bond motifs is 5. The molecule has 2 heterocycles. The summed E-state index contributed by atoms with van der Waals surface area (Å²) in [7, 11) is 4.10. The molecule has 0 fully saturated rings. The standard InChI is InChI=1S/C24H25NO5S/c1-4-27-24(26)30-22-15-19-17-8-5-6-9-20(17)29-21-14-16(28-13-7-12-25(2)3)10-11-18(21)23(19)31-22/h5-6,8-11,14-15H,4,7,12-13H2,1-3H3. The lowest BCUT2D eigenvalue weighted by atomic mass is 10.0. The van der Waals surface area contributed by atoms with E-state index in [2.05, 4.69) is 4.90 Å². The van der Waals surface area contributed by atoms with Gasteiger partial charge in [0.25, 0.3) is 0 Å². The minimum Gasteiger partial charge on any atom is -0.493 e. The van der Waals surface area contributed by atoms with Crippen LogP contribution in [0, 0.1) is 0 Å². The number of hydrogen-bond donors (Lipinski definition) is 0. The number of nitrogens with zero attached hydrogens (tertiary/aromatic N) is 1. The minimum atomic E-state index is -0.704. The molecular formula is C24H25NO5S. The Hall–Kier alpha value is -3.03. The van der Waals surface area contributed by atoms with Gasteiger partial charge in [0.2, 0.25) is 0 Å². The van der Waals surface area contributed by atoms with Crippen molar-refractivity contribution < 1.29 is 23.7 Å². The Bertz CT molecular complexity index is 1080. The van der Waals surface area contributed by atoms with Crippen LogP contribution >= 0.6 is 11.3 Å². The van der Waals surface area contributed by atoms with Crippen molar-refractivity contribution in [2.75, 3.05) is 33.9 Å². The van der Waals surface area contributed by atoms with Crippen LogP contribution in [0.2, 0.25) is 0 Å². The van der Waals surface area contributed by atoms with Gasteiger partial charge in [-0.15, -0.1) is 0 Å². The lowest BCUT2D eigenvalue weighted by molar-refractivity contribution is 0.105. The van der Waals surface area contributed by atoms with Crippen molar-refractivity contribution in [1.82, 2.24) is 4.90 Å². The molecule has 0 spiro atoms. The van der Waals surface area contributed by atoms with E-state index in [4.69, 9.17) is 18.9 Å². The van der Waals surface area contributed by atoms with Crippen LogP contribution in [0.3, 0.4) is 0 Å². The van der Waals surface area contributed by atoms with Gasteiger partial charge in [-0.3, -0.25) is 0 Å². The smallest absolute Gasteiger partial charge is 0.493 e. The summed E-state index contributed by atoms with van der Waals surface area (Å²) in [6.45, 7) is 3.61. The van der Waals surface area contributed by atoms with Gasteiger partial charge in [0.15, 0.2) is 5.06 Å². The van der Waals surface area contributed by atoms with E-state index in [1.165, 1.54) is 11.3 Å². The van der Waals surface area contributed by atoms with Crippen LogP contribution in [0.4, 0.5) is 4.79 Å². The molecule has 1 aromatic heterocycles. The van der Waals surface area contributed by atoms with Crippen molar-refractivity contribution >= 4 is 17.5 Å². The van der Waals surface area contributed by atoms with Crippen LogP contribution in [0.5, 0.6) is 22.3 Å². The minimum absolute atomic E-state index is 0.265. The predicted molar refractivity (Wildman–Crippen MR) is 122 cm³/mol. The van der Waals surface area contributed by atoms with Gasteiger partial charge in [-0.2, -0.15) is 0 Å². The first-order valence-corrected chi connectivity index (χ1v) is 11.0. The van der Waals surface area contributed by atoms with Crippen molar-refractivity contribution in [2.45, 2.75) is 13.3 Å². The normalized spacial score (nSPS) is 11.6. The maximum atomic E-state index is 11.8. The Morgan fingerprint density at radius 3 is 2.68 bits per heavy atom. The molecule has 0 aliphatic carbocycles. The second-order valence-electron chi connectivity index (χ2n) is 7.35. The van der Waals surface area contributed by atoms with Gasteiger partial charge in [-0.1, -0.05) is 29.5 Å². The van der Waals surface area contributed by atoms with Gasteiger partial charge < -0.3 is 23.8 Å². The highest BCUT2D eigenvalue weighted by Gasteiger charge is 2.25. The molecule has 2 aromatic carbocycles. The fraction of sp³-hybridized carbons (Fsp3) is 0.292. The third-order valence-electron chi connectivity index (χ3n) is 4.77. The number of para-hydroxylation sites is 1. The molecule has 0 bridgehead atoms. The predicted octanol–water partition coefficient (Wildman–Crippen LogP) is 6.05. The Labute approximate surface area is 185 Å². The highest BCUT2D eigenvalue weighted by atomic mass is 32.1. The molecular weight excluding hydrogens is 414 g/mol. The quantitative estimate of drug-likeness (QED) is 0.258. The van der Waals surface area contributed by atoms with Gasteiger partial charge in [-0.25, -0.2) is 4.79 Å². The van der Waals surface area contributed by atoms with Crippen molar-refractivity contribution in [3.05, 3.63) is 48.5 Å². The molecule has 0 saturated heterocycles. The molecule has 0 amide bonds. The van der Waals surface area contributed by atoms with Gasteiger partial charge >= 0.3 is 6.16 Å². The lowest BCUT2D eigenvalue weighted by Crippen LogP contribution is -2.15. The summed E-state index contributed by atoms with van der Waals surface area (Å²) in [5.41, 5.74) is 2.82. The van der Waals surface area contributed by atoms with Crippen LogP contribution in [-0.2, 0) is 4.74 Å². The summed E-state index contributed by atoms with van der Waals surface area (Å²) in [6, 6.07) is 15.6. The third kappa shape index (κ3) is 4.84. The van der Waals surface area contributed by atoms with E-state index < -0.39 is 6.16 Å². The number of ether oxygens (including phenoxy) is 4. The van der Waals surface area contributed by atoms with Gasteiger partial charge in [0.05, 0.1) is 13.2 Å². The first-order chi connectivity index (χ1) is 15.0. The van der Waals surface area contributed by atoms with E-state index in [9.17, 15) is 4.79 Å². The Morgan fingerprint density at radius 1 is 1.03 bits per heavy atom. The first-order valence-electron chi connectivity index (χ1n) is 10.2. The summed E-state index contributed by atoms with van der Waals surface area (Å²) in [5, 5.41) is 0.482. The summed E-state index contributed by atoms with van der Waals surface area (Å²) in [4.78, 5) is 14.9. The Balaban J connectivity index is 1.67. The van der Waals surface area contributed by atoms with E-state index in [0.717, 1.165) is 46.0 Å². The SMILES string of the molecule is CCOC(=O)Oc1cc2c(s1)-c1ccc(OCCCN(C)C)cc1Oc1ccccc1-2. The third-order valence-corrected chi connectivity index (χ3v) is 5.82. The van der Waals surface area contributed by atoms with Gasteiger partial charge in [-0.05, 0) is 45.6 Å². The van der Waals surface area contributed by atoms with Crippen LogP contribution in [0.1, 0.15) is 13.3 Å². The van der Waals surface area contributed by atoms with E-state index >= 15 is 0 Å². The number of carbonyl (C=O) groups excluding carboxylic acids is 1.